The van der Waals surface area contributed by atoms with Crippen molar-refractivity contribution in [3.63, 3.8) is 0 Å². The maximum absolute atomic E-state index is 12.4. The summed E-state index contributed by atoms with van der Waals surface area (Å²) in [6, 6.07) is 5.27. The van der Waals surface area contributed by atoms with Gasteiger partial charge in [0.2, 0.25) is 0 Å². The molecule has 0 aliphatic carbocycles. The second kappa shape index (κ2) is 4.17. The van der Waals surface area contributed by atoms with Crippen LogP contribution in [0.1, 0.15) is 5.56 Å². The van der Waals surface area contributed by atoms with Gasteiger partial charge in [-0.1, -0.05) is 0 Å². The fourth-order valence-corrected chi connectivity index (χ4v) is 1.41. The Morgan fingerprint density at radius 1 is 1.17 bits per heavy atom. The van der Waals surface area contributed by atoms with Gasteiger partial charge in [0.15, 0.2) is 0 Å². The Balaban J connectivity index is 2.44. The zero-order valence-corrected chi connectivity index (χ0v) is 8.98. The summed E-state index contributed by atoms with van der Waals surface area (Å²) in [5.74, 6) is 0. The van der Waals surface area contributed by atoms with Crippen LogP contribution in [-0.4, -0.2) is 9.78 Å². The number of rotatable bonds is 1. The summed E-state index contributed by atoms with van der Waals surface area (Å²) in [5.41, 5.74) is 4.52. The molecule has 2 rings (SSSR count). The fraction of sp³-hybridized carbons (Fsp3) is 0.0909. The topological polar surface area (TPSA) is 60.9 Å². The average Bonchev–Trinajstić information content (AvgIpc) is 2.28. The molecule has 1 aromatic heterocycles. The van der Waals surface area contributed by atoms with E-state index in [0.717, 1.165) is 22.9 Å². The third kappa shape index (κ3) is 2.34. The zero-order chi connectivity index (χ0) is 13.3. The maximum atomic E-state index is 12.4. The molecule has 0 bridgehead atoms. The maximum Gasteiger partial charge on any atom is 0.416 e. The minimum absolute atomic E-state index is 0.197. The van der Waals surface area contributed by atoms with Crippen molar-refractivity contribution in [3.8, 4) is 5.69 Å². The molecule has 7 heteroatoms. The molecular weight excluding hydrogens is 247 g/mol. The molecule has 18 heavy (non-hydrogen) atoms. The molecule has 94 valence electrons. The van der Waals surface area contributed by atoms with Gasteiger partial charge in [-0.2, -0.15) is 23.0 Å². The van der Waals surface area contributed by atoms with E-state index in [1.807, 2.05) is 0 Å². The summed E-state index contributed by atoms with van der Waals surface area (Å²) in [6.45, 7) is 0. The molecule has 4 nitrogen and oxygen atoms in total. The second-order valence-electron chi connectivity index (χ2n) is 3.58. The van der Waals surface area contributed by atoms with E-state index in [1.54, 1.807) is 0 Å². The number of nitrogens with two attached hydrogens (primary N) is 1. The molecule has 1 aromatic carbocycles. The van der Waals surface area contributed by atoms with Crippen LogP contribution >= 0.6 is 0 Å². The number of nitrogens with zero attached hydrogens (tertiary/aromatic N) is 2. The number of aromatic nitrogens is 2. The van der Waals surface area contributed by atoms with Gasteiger partial charge in [-0.15, -0.1) is 0 Å². The van der Waals surface area contributed by atoms with Crippen LogP contribution in [0.5, 0.6) is 0 Å². The molecule has 2 aromatic rings. The second-order valence-corrected chi connectivity index (χ2v) is 3.58. The summed E-state index contributed by atoms with van der Waals surface area (Å²) in [7, 11) is 0. The van der Waals surface area contributed by atoms with E-state index in [1.165, 1.54) is 18.3 Å². The predicted molar refractivity (Wildman–Crippen MR) is 59.2 cm³/mol. The molecule has 0 unspecified atom stereocenters. The lowest BCUT2D eigenvalue weighted by molar-refractivity contribution is -0.137. The smallest absolute Gasteiger partial charge is 0.397 e. The summed E-state index contributed by atoms with van der Waals surface area (Å²) in [5, 5.41) is 3.74. The fourth-order valence-electron chi connectivity index (χ4n) is 1.41. The Kier molecular flexibility index (Phi) is 2.82. The van der Waals surface area contributed by atoms with Crippen LogP contribution in [-0.2, 0) is 6.18 Å². The van der Waals surface area contributed by atoms with E-state index >= 15 is 0 Å². The van der Waals surface area contributed by atoms with Gasteiger partial charge in [0.25, 0.3) is 5.56 Å². The first-order valence-corrected chi connectivity index (χ1v) is 4.90. The Labute approximate surface area is 99.5 Å². The molecule has 0 radical (unpaired) electrons. The van der Waals surface area contributed by atoms with Crippen LogP contribution in [0.15, 0.2) is 41.3 Å². The SMILES string of the molecule is Nc1cnn(-c2ccc(C(F)(F)F)cc2)c(=O)c1. The third-order valence-electron chi connectivity index (χ3n) is 2.26. The molecular formula is C11H8F3N3O. The quantitative estimate of drug-likeness (QED) is 0.845. The number of nitrogen functional groups attached to an aromatic ring is 1. The van der Waals surface area contributed by atoms with Crippen LogP contribution in [0.2, 0.25) is 0 Å². The molecule has 0 aliphatic heterocycles. The van der Waals surface area contributed by atoms with Gasteiger partial charge in [-0.05, 0) is 24.3 Å². The van der Waals surface area contributed by atoms with Gasteiger partial charge in [-0.25, -0.2) is 0 Å². The zero-order valence-electron chi connectivity index (χ0n) is 8.98. The van der Waals surface area contributed by atoms with Crippen LogP contribution in [0.25, 0.3) is 5.69 Å². The first-order chi connectivity index (χ1) is 8.38. The van der Waals surface area contributed by atoms with Crippen molar-refractivity contribution in [1.29, 1.82) is 0 Å². The van der Waals surface area contributed by atoms with Crippen LogP contribution in [0.4, 0.5) is 18.9 Å². The molecule has 1 heterocycles. The Morgan fingerprint density at radius 3 is 2.28 bits per heavy atom. The first-order valence-electron chi connectivity index (χ1n) is 4.90. The summed E-state index contributed by atoms with van der Waals surface area (Å²) in [6.07, 6.45) is -3.16. The van der Waals surface area contributed by atoms with Crippen LogP contribution in [0, 0.1) is 0 Å². The Hall–Kier alpha value is -2.31. The Bertz CT molecular complexity index is 617. The number of alkyl halides is 3. The van der Waals surface area contributed by atoms with Gasteiger partial charge >= 0.3 is 6.18 Å². The number of halogens is 3. The van der Waals surface area contributed by atoms with Crippen molar-refractivity contribution >= 4 is 5.69 Å². The van der Waals surface area contributed by atoms with Crippen molar-refractivity contribution < 1.29 is 13.2 Å². The van der Waals surface area contributed by atoms with Gasteiger partial charge < -0.3 is 5.73 Å². The van der Waals surface area contributed by atoms with Gasteiger partial charge in [-0.3, -0.25) is 4.79 Å². The van der Waals surface area contributed by atoms with Crippen molar-refractivity contribution in [1.82, 2.24) is 9.78 Å². The Morgan fingerprint density at radius 2 is 1.78 bits per heavy atom. The lowest BCUT2D eigenvalue weighted by Gasteiger charge is -2.08. The number of hydrogen-bond acceptors (Lipinski definition) is 3. The number of benzene rings is 1. The highest BCUT2D eigenvalue weighted by atomic mass is 19.4. The lowest BCUT2D eigenvalue weighted by Crippen LogP contribution is -2.20. The molecule has 0 amide bonds. The highest BCUT2D eigenvalue weighted by Crippen LogP contribution is 2.29. The average molecular weight is 255 g/mol. The van der Waals surface area contributed by atoms with Crippen molar-refractivity contribution in [2.45, 2.75) is 6.18 Å². The molecule has 0 atom stereocenters. The lowest BCUT2D eigenvalue weighted by atomic mass is 10.2. The van der Waals surface area contributed by atoms with E-state index in [0.29, 0.717) is 0 Å². The third-order valence-corrected chi connectivity index (χ3v) is 2.26. The monoisotopic (exact) mass is 255 g/mol. The van der Waals surface area contributed by atoms with E-state index in [4.69, 9.17) is 5.73 Å². The van der Waals surface area contributed by atoms with Gasteiger partial charge in [0.1, 0.15) is 0 Å². The molecule has 0 saturated carbocycles. The highest BCUT2D eigenvalue weighted by Gasteiger charge is 2.30. The van der Waals surface area contributed by atoms with E-state index < -0.39 is 17.3 Å². The van der Waals surface area contributed by atoms with Gasteiger partial charge in [0.05, 0.1) is 23.1 Å². The molecule has 0 saturated heterocycles. The largest absolute Gasteiger partial charge is 0.416 e. The van der Waals surface area contributed by atoms with E-state index in [-0.39, 0.29) is 11.4 Å². The summed E-state index contributed by atoms with van der Waals surface area (Å²) >= 11 is 0. The van der Waals surface area contributed by atoms with E-state index in [9.17, 15) is 18.0 Å². The van der Waals surface area contributed by atoms with Crippen molar-refractivity contribution in [2.75, 3.05) is 5.73 Å². The molecule has 0 aliphatic rings. The number of anilines is 1. The first kappa shape index (κ1) is 12.2. The van der Waals surface area contributed by atoms with E-state index in [2.05, 4.69) is 5.10 Å². The molecule has 2 N–H and O–H groups in total. The van der Waals surface area contributed by atoms with Crippen LogP contribution in [0.3, 0.4) is 0 Å². The van der Waals surface area contributed by atoms with Gasteiger partial charge in [0, 0.05) is 6.07 Å². The van der Waals surface area contributed by atoms with Crippen molar-refractivity contribution in [2.24, 2.45) is 0 Å². The highest BCUT2D eigenvalue weighted by molar-refractivity contribution is 5.37. The molecule has 0 fully saturated rings. The predicted octanol–water partition coefficient (Wildman–Crippen LogP) is 1.83. The minimum Gasteiger partial charge on any atom is -0.397 e. The van der Waals surface area contributed by atoms with Crippen LogP contribution < -0.4 is 11.3 Å². The summed E-state index contributed by atoms with van der Waals surface area (Å²) in [4.78, 5) is 11.5. The van der Waals surface area contributed by atoms with Crippen molar-refractivity contribution in [3.05, 3.63) is 52.4 Å². The minimum atomic E-state index is -4.40. The standard InChI is InChI=1S/C11H8F3N3O/c12-11(13,14)7-1-3-9(4-2-7)17-10(18)5-8(15)6-16-17/h1-6H,15H2. The molecule has 0 spiro atoms. The number of hydrogen-bond donors (Lipinski definition) is 1. The summed E-state index contributed by atoms with van der Waals surface area (Å²) < 4.78 is 38.0. The normalized spacial score (nSPS) is 11.5.